The normalized spacial score (nSPS) is 23.8. The zero-order valence-electron chi connectivity index (χ0n) is 17.4. The molecule has 3 fully saturated rings. The van der Waals surface area contributed by atoms with Gasteiger partial charge in [0.05, 0.1) is 23.9 Å². The van der Waals surface area contributed by atoms with Crippen molar-refractivity contribution in [3.8, 4) is 0 Å². The molecule has 2 aromatic rings. The standard InChI is InChI=1S/C19H26N6O4S/c1-4-25-12(2)14(7-20-25)18(26)23-9-19(10-23)11-24(30(3,27)28)8-15(19)17-21-16(22-29-17)13-5-6-13/h7,13,15H,4-6,8-11H2,1-3H3. The van der Waals surface area contributed by atoms with Crippen LogP contribution in [0.2, 0.25) is 0 Å². The largest absolute Gasteiger partial charge is 0.339 e. The fourth-order valence-electron chi connectivity index (χ4n) is 4.74. The fourth-order valence-corrected chi connectivity index (χ4v) is 5.65. The number of hydrogen-bond donors (Lipinski definition) is 0. The van der Waals surface area contributed by atoms with Crippen molar-refractivity contribution in [3.63, 3.8) is 0 Å². The average molecular weight is 435 g/mol. The number of likely N-dealkylation sites (tertiary alicyclic amines) is 1. The van der Waals surface area contributed by atoms with Crippen LogP contribution in [0.4, 0.5) is 0 Å². The first-order valence-electron chi connectivity index (χ1n) is 10.3. The Balaban J connectivity index is 1.39. The topological polar surface area (TPSA) is 114 Å². The van der Waals surface area contributed by atoms with E-state index in [1.165, 1.54) is 10.6 Å². The molecule has 3 aliphatic rings. The van der Waals surface area contributed by atoms with Crippen LogP contribution < -0.4 is 0 Å². The first-order valence-corrected chi connectivity index (χ1v) is 12.2. The first kappa shape index (κ1) is 19.7. The van der Waals surface area contributed by atoms with E-state index in [-0.39, 0.29) is 11.8 Å². The van der Waals surface area contributed by atoms with Gasteiger partial charge in [-0.05, 0) is 26.7 Å². The maximum Gasteiger partial charge on any atom is 0.257 e. The Hall–Kier alpha value is -2.27. The Labute approximate surface area is 175 Å². The molecule has 11 heteroatoms. The molecule has 162 valence electrons. The summed E-state index contributed by atoms with van der Waals surface area (Å²) in [6.45, 7) is 6.15. The van der Waals surface area contributed by atoms with Crippen molar-refractivity contribution in [2.75, 3.05) is 32.4 Å². The number of amides is 1. The zero-order chi connectivity index (χ0) is 21.3. The second-order valence-electron chi connectivity index (χ2n) is 8.86. The molecule has 0 bridgehead atoms. The molecule has 1 amide bonds. The molecule has 30 heavy (non-hydrogen) atoms. The maximum absolute atomic E-state index is 13.0. The monoisotopic (exact) mass is 434 g/mol. The van der Waals surface area contributed by atoms with Crippen molar-refractivity contribution in [1.82, 2.24) is 29.1 Å². The highest BCUT2D eigenvalue weighted by atomic mass is 32.2. The van der Waals surface area contributed by atoms with E-state index < -0.39 is 15.4 Å². The van der Waals surface area contributed by atoms with Gasteiger partial charge in [-0.2, -0.15) is 10.1 Å². The molecule has 1 aliphatic carbocycles. The fraction of sp³-hybridized carbons (Fsp3) is 0.684. The Morgan fingerprint density at radius 1 is 1.30 bits per heavy atom. The summed E-state index contributed by atoms with van der Waals surface area (Å²) in [5.41, 5.74) is 1.03. The number of aromatic nitrogens is 4. The molecule has 1 unspecified atom stereocenters. The molecule has 1 spiro atoms. The summed E-state index contributed by atoms with van der Waals surface area (Å²) in [6.07, 6.45) is 4.96. The molecule has 0 N–H and O–H groups in total. The van der Waals surface area contributed by atoms with Crippen molar-refractivity contribution in [2.24, 2.45) is 5.41 Å². The molecule has 2 aromatic heterocycles. The van der Waals surface area contributed by atoms with Gasteiger partial charge in [-0.3, -0.25) is 9.48 Å². The minimum absolute atomic E-state index is 0.0708. The minimum atomic E-state index is -3.36. The van der Waals surface area contributed by atoms with E-state index in [1.807, 2.05) is 13.8 Å². The van der Waals surface area contributed by atoms with Crippen LogP contribution >= 0.6 is 0 Å². The van der Waals surface area contributed by atoms with Crippen molar-refractivity contribution in [1.29, 1.82) is 0 Å². The van der Waals surface area contributed by atoms with Gasteiger partial charge in [0.15, 0.2) is 5.82 Å². The SMILES string of the molecule is CCn1ncc(C(=O)N2CC3(C2)CN(S(C)(=O)=O)CC3c2nc(C3CC3)no2)c1C. The van der Waals surface area contributed by atoms with Gasteiger partial charge in [-0.15, -0.1) is 0 Å². The Morgan fingerprint density at radius 2 is 2.03 bits per heavy atom. The smallest absolute Gasteiger partial charge is 0.257 e. The second kappa shape index (κ2) is 6.61. The van der Waals surface area contributed by atoms with Crippen molar-refractivity contribution >= 4 is 15.9 Å². The molecule has 1 atom stereocenters. The van der Waals surface area contributed by atoms with Crippen LogP contribution in [-0.4, -0.2) is 75.9 Å². The van der Waals surface area contributed by atoms with Crippen molar-refractivity contribution in [3.05, 3.63) is 29.2 Å². The van der Waals surface area contributed by atoms with Crippen molar-refractivity contribution in [2.45, 2.75) is 45.1 Å². The summed E-state index contributed by atoms with van der Waals surface area (Å²) in [6, 6.07) is 0. The highest BCUT2D eigenvalue weighted by molar-refractivity contribution is 7.88. The van der Waals surface area contributed by atoms with E-state index in [0.717, 1.165) is 18.5 Å². The van der Waals surface area contributed by atoms with Gasteiger partial charge in [-0.25, -0.2) is 12.7 Å². The van der Waals surface area contributed by atoms with Gasteiger partial charge < -0.3 is 9.42 Å². The van der Waals surface area contributed by atoms with Crippen LogP contribution in [0.5, 0.6) is 0 Å². The lowest BCUT2D eigenvalue weighted by Crippen LogP contribution is -2.61. The minimum Gasteiger partial charge on any atom is -0.339 e. The molecule has 1 saturated carbocycles. The summed E-state index contributed by atoms with van der Waals surface area (Å²) >= 11 is 0. The number of carbonyl (C=O) groups is 1. The highest BCUT2D eigenvalue weighted by Gasteiger charge is 2.59. The summed E-state index contributed by atoms with van der Waals surface area (Å²) in [5.74, 6) is 1.29. The Morgan fingerprint density at radius 3 is 2.63 bits per heavy atom. The third kappa shape index (κ3) is 3.06. The lowest BCUT2D eigenvalue weighted by molar-refractivity contribution is 0.00125. The van der Waals surface area contributed by atoms with E-state index in [0.29, 0.717) is 55.9 Å². The molecular weight excluding hydrogens is 408 g/mol. The predicted octanol–water partition coefficient (Wildman–Crippen LogP) is 0.973. The summed E-state index contributed by atoms with van der Waals surface area (Å²) in [7, 11) is -3.36. The molecule has 0 aromatic carbocycles. The van der Waals surface area contributed by atoms with Gasteiger partial charge in [0.25, 0.3) is 5.91 Å². The number of hydrogen-bond acceptors (Lipinski definition) is 7. The molecule has 2 saturated heterocycles. The average Bonchev–Trinajstić information content (AvgIpc) is 3.11. The third-order valence-electron chi connectivity index (χ3n) is 6.72. The first-order chi connectivity index (χ1) is 14.2. The maximum atomic E-state index is 13.0. The predicted molar refractivity (Wildman–Crippen MR) is 106 cm³/mol. The van der Waals surface area contributed by atoms with Crippen LogP contribution in [0, 0.1) is 12.3 Å². The van der Waals surface area contributed by atoms with Crippen molar-refractivity contribution < 1.29 is 17.7 Å². The van der Waals surface area contributed by atoms with Crippen LogP contribution in [-0.2, 0) is 16.6 Å². The molecule has 0 radical (unpaired) electrons. The number of aryl methyl sites for hydroxylation is 1. The number of nitrogens with zero attached hydrogens (tertiary/aromatic N) is 6. The molecule has 10 nitrogen and oxygen atoms in total. The lowest BCUT2D eigenvalue weighted by Gasteiger charge is -2.50. The second-order valence-corrected chi connectivity index (χ2v) is 10.8. The zero-order valence-corrected chi connectivity index (χ0v) is 18.2. The van der Waals surface area contributed by atoms with Gasteiger partial charge in [0.2, 0.25) is 15.9 Å². The van der Waals surface area contributed by atoms with Crippen LogP contribution in [0.15, 0.2) is 10.7 Å². The third-order valence-corrected chi connectivity index (χ3v) is 7.93. The Bertz CT molecular complexity index is 1100. The highest BCUT2D eigenvalue weighted by Crippen LogP contribution is 2.50. The Kier molecular flexibility index (Phi) is 4.34. The van der Waals surface area contributed by atoms with Crippen LogP contribution in [0.1, 0.15) is 59.4 Å². The number of rotatable bonds is 5. The molecule has 4 heterocycles. The van der Waals surface area contributed by atoms with Gasteiger partial charge in [0.1, 0.15) is 0 Å². The van der Waals surface area contributed by atoms with E-state index in [9.17, 15) is 13.2 Å². The molecule has 5 rings (SSSR count). The van der Waals surface area contributed by atoms with E-state index in [4.69, 9.17) is 4.52 Å². The van der Waals surface area contributed by atoms with Crippen LogP contribution in [0.25, 0.3) is 0 Å². The molecular formula is C19H26N6O4S. The van der Waals surface area contributed by atoms with Gasteiger partial charge in [0, 0.05) is 49.8 Å². The summed E-state index contributed by atoms with van der Waals surface area (Å²) in [5, 5.41) is 8.38. The van der Waals surface area contributed by atoms with Crippen LogP contribution in [0.3, 0.4) is 0 Å². The quantitative estimate of drug-likeness (QED) is 0.689. The van der Waals surface area contributed by atoms with E-state index in [1.54, 1.807) is 15.8 Å². The number of sulfonamides is 1. The summed E-state index contributed by atoms with van der Waals surface area (Å²) < 4.78 is 33.3. The van der Waals surface area contributed by atoms with E-state index in [2.05, 4.69) is 15.2 Å². The molecule has 2 aliphatic heterocycles. The lowest BCUT2D eigenvalue weighted by atomic mass is 9.71. The summed E-state index contributed by atoms with van der Waals surface area (Å²) in [4.78, 5) is 19.4. The van der Waals surface area contributed by atoms with Gasteiger partial charge >= 0.3 is 0 Å². The number of carbonyl (C=O) groups excluding carboxylic acids is 1. The van der Waals surface area contributed by atoms with Gasteiger partial charge in [-0.1, -0.05) is 5.16 Å². The van der Waals surface area contributed by atoms with E-state index >= 15 is 0 Å².